The third-order valence-electron chi connectivity index (χ3n) is 4.20. The number of ether oxygens (including phenoxy) is 2. The molecular weight excluding hydrogens is 378 g/mol. The summed E-state index contributed by atoms with van der Waals surface area (Å²) in [6.07, 6.45) is 2.41. The molecule has 0 saturated carbocycles. The van der Waals surface area contributed by atoms with Gasteiger partial charge in [-0.2, -0.15) is 9.90 Å². The van der Waals surface area contributed by atoms with E-state index in [1.54, 1.807) is 23.2 Å². The number of methoxy groups -OCH3 is 1. The number of anilines is 1. The molecule has 0 aliphatic carbocycles. The van der Waals surface area contributed by atoms with Crippen LogP contribution in [0.2, 0.25) is 0 Å². The van der Waals surface area contributed by atoms with Crippen molar-refractivity contribution >= 4 is 29.5 Å². The van der Waals surface area contributed by atoms with E-state index in [0.717, 1.165) is 15.3 Å². The number of nitrogens with one attached hydrogen (secondary N) is 1. The van der Waals surface area contributed by atoms with Gasteiger partial charge >= 0.3 is 0 Å². The summed E-state index contributed by atoms with van der Waals surface area (Å²) >= 11 is 1.64. The van der Waals surface area contributed by atoms with Gasteiger partial charge < -0.3 is 14.8 Å². The number of nitrogens with zero attached hydrogens (tertiary/aromatic N) is 4. The average Bonchev–Trinajstić information content (AvgIpc) is 3.45. The first-order chi connectivity index (χ1) is 13.7. The van der Waals surface area contributed by atoms with Crippen LogP contribution >= 0.6 is 11.3 Å². The van der Waals surface area contributed by atoms with Gasteiger partial charge in [-0.3, -0.25) is 4.79 Å². The number of carbonyl (C=O) groups excluding carboxylic acids is 1. The molecule has 0 saturated heterocycles. The molecule has 8 nitrogen and oxygen atoms in total. The molecule has 1 aliphatic rings. The van der Waals surface area contributed by atoms with E-state index >= 15 is 0 Å². The van der Waals surface area contributed by atoms with Crippen molar-refractivity contribution in [1.82, 2.24) is 15.0 Å². The first-order valence-corrected chi connectivity index (χ1v) is 9.54. The summed E-state index contributed by atoms with van der Waals surface area (Å²) in [5, 5.41) is 11.3. The molecule has 0 fully saturated rings. The molecule has 1 N–H and O–H groups in total. The fourth-order valence-corrected chi connectivity index (χ4v) is 3.89. The Labute approximate surface area is 165 Å². The predicted octanol–water partition coefficient (Wildman–Crippen LogP) is 2.64. The van der Waals surface area contributed by atoms with Crippen molar-refractivity contribution < 1.29 is 14.3 Å². The lowest BCUT2D eigenvalue weighted by Crippen LogP contribution is -2.30. The van der Waals surface area contributed by atoms with Crippen molar-refractivity contribution in [2.75, 3.05) is 12.4 Å². The summed E-state index contributed by atoms with van der Waals surface area (Å²) in [7, 11) is 1.67. The lowest BCUT2D eigenvalue weighted by Gasteiger charge is -2.16. The summed E-state index contributed by atoms with van der Waals surface area (Å²) in [6, 6.07) is 12.9. The highest BCUT2D eigenvalue weighted by molar-refractivity contribution is 7.11. The summed E-state index contributed by atoms with van der Waals surface area (Å²) in [4.78, 5) is 20.6. The number of benzene rings is 1. The number of thiophene rings is 1. The number of rotatable bonds is 7. The summed E-state index contributed by atoms with van der Waals surface area (Å²) in [6.45, 7) is 1.12. The second-order valence-corrected chi connectivity index (χ2v) is 7.47. The van der Waals surface area contributed by atoms with E-state index in [4.69, 9.17) is 9.47 Å². The maximum atomic E-state index is 12.6. The second kappa shape index (κ2) is 8.32. The molecule has 2 aromatic heterocycles. The van der Waals surface area contributed by atoms with E-state index in [2.05, 4.69) is 20.5 Å². The minimum atomic E-state index is -0.665. The summed E-state index contributed by atoms with van der Waals surface area (Å²) < 4.78 is 10.6. The third kappa shape index (κ3) is 4.10. The van der Waals surface area contributed by atoms with Crippen LogP contribution in [-0.2, 0) is 27.4 Å². The minimum Gasteiger partial charge on any atom is -0.473 e. The maximum Gasteiger partial charge on any atom is 0.254 e. The van der Waals surface area contributed by atoms with Crippen molar-refractivity contribution in [1.29, 1.82) is 0 Å². The van der Waals surface area contributed by atoms with Gasteiger partial charge in [0.1, 0.15) is 0 Å². The van der Waals surface area contributed by atoms with Crippen LogP contribution in [0, 0.1) is 0 Å². The smallest absolute Gasteiger partial charge is 0.254 e. The molecule has 2 atom stereocenters. The quantitative estimate of drug-likeness (QED) is 0.662. The Bertz CT molecular complexity index is 969. The normalized spacial score (nSPS) is 18.2. The van der Waals surface area contributed by atoms with Crippen molar-refractivity contribution in [3.63, 3.8) is 0 Å². The van der Waals surface area contributed by atoms with E-state index in [1.165, 1.54) is 12.6 Å². The molecule has 0 spiro atoms. The molecule has 144 valence electrons. The highest BCUT2D eigenvalue weighted by Crippen LogP contribution is 2.27. The Balaban J connectivity index is 1.39. The average molecular weight is 397 g/mol. The van der Waals surface area contributed by atoms with Crippen LogP contribution in [0.15, 0.2) is 53.7 Å². The van der Waals surface area contributed by atoms with Crippen LogP contribution in [-0.4, -0.2) is 40.5 Å². The van der Waals surface area contributed by atoms with Gasteiger partial charge in [0, 0.05) is 16.9 Å². The Hall–Kier alpha value is -3.04. The zero-order valence-corrected chi connectivity index (χ0v) is 16.0. The SMILES string of the molecule is COCc1ccc(Cn2ncc(NC(=O)C3N=COC3c3ccccc3)n2)s1. The number of aromatic nitrogens is 3. The van der Waals surface area contributed by atoms with Gasteiger partial charge in [-0.1, -0.05) is 30.3 Å². The highest BCUT2D eigenvalue weighted by Gasteiger charge is 2.34. The van der Waals surface area contributed by atoms with Crippen LogP contribution in [0.25, 0.3) is 0 Å². The zero-order valence-electron chi connectivity index (χ0n) is 15.2. The zero-order chi connectivity index (χ0) is 19.3. The van der Waals surface area contributed by atoms with Crippen molar-refractivity contribution in [2.24, 2.45) is 4.99 Å². The predicted molar refractivity (Wildman–Crippen MR) is 105 cm³/mol. The van der Waals surface area contributed by atoms with E-state index < -0.39 is 12.1 Å². The highest BCUT2D eigenvalue weighted by atomic mass is 32.1. The molecule has 4 rings (SSSR count). The number of aliphatic imine (C=N–C) groups is 1. The van der Waals surface area contributed by atoms with Gasteiger partial charge in [0.15, 0.2) is 24.4 Å². The molecule has 3 heterocycles. The van der Waals surface area contributed by atoms with Crippen LogP contribution < -0.4 is 5.32 Å². The molecule has 3 aromatic rings. The van der Waals surface area contributed by atoms with Crippen molar-refractivity contribution in [3.8, 4) is 0 Å². The van der Waals surface area contributed by atoms with E-state index in [9.17, 15) is 4.79 Å². The first kappa shape index (κ1) is 18.3. The Kier molecular flexibility index (Phi) is 5.45. The van der Waals surface area contributed by atoms with Crippen molar-refractivity contribution in [2.45, 2.75) is 25.3 Å². The molecule has 0 radical (unpaired) electrons. The number of hydrogen-bond donors (Lipinski definition) is 1. The van der Waals surface area contributed by atoms with Crippen LogP contribution in [0.1, 0.15) is 21.4 Å². The van der Waals surface area contributed by atoms with E-state index in [1.807, 2.05) is 42.5 Å². The van der Waals surface area contributed by atoms with Gasteiger partial charge in [0.25, 0.3) is 5.91 Å². The molecular formula is C19H19N5O3S. The number of hydrogen-bond acceptors (Lipinski definition) is 7. The minimum absolute atomic E-state index is 0.284. The molecule has 2 unspecified atom stereocenters. The topological polar surface area (TPSA) is 90.6 Å². The van der Waals surface area contributed by atoms with Crippen LogP contribution in [0.3, 0.4) is 0 Å². The lowest BCUT2D eigenvalue weighted by molar-refractivity contribution is -0.118. The molecule has 28 heavy (non-hydrogen) atoms. The second-order valence-electron chi connectivity index (χ2n) is 6.22. The monoisotopic (exact) mass is 397 g/mol. The summed E-state index contributed by atoms with van der Waals surface area (Å²) in [5.74, 6) is 0.0979. The third-order valence-corrected chi connectivity index (χ3v) is 5.24. The molecule has 1 aromatic carbocycles. The van der Waals surface area contributed by atoms with E-state index in [0.29, 0.717) is 19.0 Å². The van der Waals surface area contributed by atoms with Gasteiger partial charge in [-0.05, 0) is 17.7 Å². The maximum absolute atomic E-state index is 12.6. The summed E-state index contributed by atoms with van der Waals surface area (Å²) in [5.41, 5.74) is 0.897. The Morgan fingerprint density at radius 1 is 1.25 bits per heavy atom. The Morgan fingerprint density at radius 3 is 2.89 bits per heavy atom. The first-order valence-electron chi connectivity index (χ1n) is 8.72. The molecule has 1 aliphatic heterocycles. The molecule has 9 heteroatoms. The Morgan fingerprint density at radius 2 is 2.07 bits per heavy atom. The van der Waals surface area contributed by atoms with Crippen LogP contribution in [0.4, 0.5) is 5.82 Å². The van der Waals surface area contributed by atoms with Gasteiger partial charge in [-0.25, -0.2) is 4.99 Å². The van der Waals surface area contributed by atoms with E-state index in [-0.39, 0.29) is 5.91 Å². The van der Waals surface area contributed by atoms with Gasteiger partial charge in [-0.15, -0.1) is 16.4 Å². The van der Waals surface area contributed by atoms with Crippen molar-refractivity contribution in [3.05, 3.63) is 64.0 Å². The molecule has 0 bridgehead atoms. The van der Waals surface area contributed by atoms with Crippen LogP contribution in [0.5, 0.6) is 0 Å². The number of carbonyl (C=O) groups is 1. The van der Waals surface area contributed by atoms with Gasteiger partial charge in [0.2, 0.25) is 0 Å². The van der Waals surface area contributed by atoms with Gasteiger partial charge in [0.05, 0.1) is 19.3 Å². The lowest BCUT2D eigenvalue weighted by atomic mass is 10.0. The fourth-order valence-electron chi connectivity index (χ4n) is 2.93. The standard InChI is InChI=1S/C19H19N5O3S/c1-26-11-15-8-7-14(28-15)10-24-21-9-16(23-24)22-19(25)17-18(27-12-20-17)13-5-3-2-4-6-13/h2-9,12,17-18H,10-11H2,1H3,(H,22,23,25). The fraction of sp³-hybridized carbons (Fsp3) is 0.263. The largest absolute Gasteiger partial charge is 0.473 e. The number of amides is 1. The molecule has 1 amide bonds.